The number of amides is 1. The summed E-state index contributed by atoms with van der Waals surface area (Å²) in [4.78, 5) is 25.9. The number of sulfonamides is 1. The summed E-state index contributed by atoms with van der Waals surface area (Å²) in [5.74, 6) is -0.790. The molecule has 2 aromatic rings. The molecule has 3 rings (SSSR count). The first-order valence-electron chi connectivity index (χ1n) is 10.2. The van der Waals surface area contributed by atoms with Gasteiger partial charge in [0.1, 0.15) is 5.82 Å². The Morgan fingerprint density at radius 3 is 2.36 bits per heavy atom. The Morgan fingerprint density at radius 1 is 0.970 bits per heavy atom. The van der Waals surface area contributed by atoms with E-state index in [-0.39, 0.29) is 48.5 Å². The van der Waals surface area contributed by atoms with Crippen LogP contribution in [0.15, 0.2) is 47.4 Å². The number of benzene rings is 2. The van der Waals surface area contributed by atoms with Crippen LogP contribution in [0.25, 0.3) is 0 Å². The third-order valence-electron chi connectivity index (χ3n) is 5.18. The van der Waals surface area contributed by atoms with Crippen LogP contribution in [0.1, 0.15) is 16.8 Å². The lowest BCUT2D eigenvalue weighted by molar-refractivity contribution is -0.142. The quantitative estimate of drug-likeness (QED) is 0.558. The summed E-state index contributed by atoms with van der Waals surface area (Å²) in [6, 6.07) is 9.25. The molecule has 1 fully saturated rings. The molecule has 0 radical (unpaired) electrons. The third kappa shape index (κ3) is 5.79. The first-order chi connectivity index (χ1) is 15.8. The van der Waals surface area contributed by atoms with Crippen LogP contribution in [-0.4, -0.2) is 76.5 Å². The van der Waals surface area contributed by atoms with Gasteiger partial charge in [-0.25, -0.2) is 17.6 Å². The lowest BCUT2D eigenvalue weighted by Gasteiger charge is -2.22. The van der Waals surface area contributed by atoms with E-state index in [2.05, 4.69) is 4.74 Å². The third-order valence-corrected chi connectivity index (χ3v) is 7.09. The lowest BCUT2D eigenvalue weighted by Crippen LogP contribution is -2.37. The summed E-state index contributed by atoms with van der Waals surface area (Å²) < 4.78 is 55.4. The zero-order chi connectivity index (χ0) is 24.0. The molecule has 0 bridgehead atoms. The first kappa shape index (κ1) is 24.5. The summed E-state index contributed by atoms with van der Waals surface area (Å²) in [7, 11) is -1.13. The van der Waals surface area contributed by atoms with Crippen molar-refractivity contribution in [2.24, 2.45) is 0 Å². The van der Waals surface area contributed by atoms with Crippen molar-refractivity contribution in [3.63, 3.8) is 0 Å². The van der Waals surface area contributed by atoms with Crippen molar-refractivity contribution in [2.75, 3.05) is 47.0 Å². The standard InChI is InChI=1S/C22H25FN2O7S/c1-30-20-14-16(4-9-19(20)32-15-21(26)31-2)22(27)24-10-3-11-25(13-12-24)33(28,29)18-7-5-17(23)6-8-18/h4-9,14H,3,10-13,15H2,1-2H3. The number of ether oxygens (including phenoxy) is 3. The molecule has 0 spiro atoms. The lowest BCUT2D eigenvalue weighted by atomic mass is 10.1. The summed E-state index contributed by atoms with van der Waals surface area (Å²) in [6.07, 6.45) is 0.448. The van der Waals surface area contributed by atoms with Crippen LogP contribution in [0.3, 0.4) is 0 Å². The molecule has 0 aliphatic carbocycles. The average molecular weight is 481 g/mol. The molecule has 1 heterocycles. The Bertz CT molecular complexity index is 1110. The van der Waals surface area contributed by atoms with Gasteiger partial charge in [0, 0.05) is 31.7 Å². The van der Waals surface area contributed by atoms with Gasteiger partial charge in [0.15, 0.2) is 18.1 Å². The Balaban J connectivity index is 1.70. The van der Waals surface area contributed by atoms with Crippen molar-refractivity contribution in [2.45, 2.75) is 11.3 Å². The van der Waals surface area contributed by atoms with Crippen LogP contribution in [0, 0.1) is 5.82 Å². The van der Waals surface area contributed by atoms with Gasteiger partial charge < -0.3 is 19.1 Å². The molecule has 0 unspecified atom stereocenters. The largest absolute Gasteiger partial charge is 0.493 e. The number of carbonyl (C=O) groups excluding carboxylic acids is 2. The molecule has 0 N–H and O–H groups in total. The van der Waals surface area contributed by atoms with E-state index < -0.39 is 21.8 Å². The predicted molar refractivity (Wildman–Crippen MR) is 116 cm³/mol. The van der Waals surface area contributed by atoms with Crippen LogP contribution < -0.4 is 9.47 Å². The highest BCUT2D eigenvalue weighted by atomic mass is 32.2. The van der Waals surface area contributed by atoms with Crippen LogP contribution in [0.4, 0.5) is 4.39 Å². The molecule has 1 saturated heterocycles. The van der Waals surface area contributed by atoms with E-state index in [1.165, 1.54) is 42.8 Å². The summed E-state index contributed by atoms with van der Waals surface area (Å²) in [5, 5.41) is 0. The maximum absolute atomic E-state index is 13.2. The van der Waals surface area contributed by atoms with Gasteiger partial charge >= 0.3 is 5.97 Å². The molecule has 0 atom stereocenters. The zero-order valence-corrected chi connectivity index (χ0v) is 19.1. The van der Waals surface area contributed by atoms with Gasteiger partial charge in [-0.05, 0) is 48.9 Å². The molecular formula is C22H25FN2O7S. The number of carbonyl (C=O) groups is 2. The first-order valence-corrected chi connectivity index (χ1v) is 11.6. The minimum absolute atomic E-state index is 0.0101. The van der Waals surface area contributed by atoms with Gasteiger partial charge in [0.2, 0.25) is 10.0 Å². The summed E-state index contributed by atoms with van der Waals surface area (Å²) >= 11 is 0. The number of hydrogen-bond donors (Lipinski definition) is 0. The summed E-state index contributed by atoms with van der Waals surface area (Å²) in [5.41, 5.74) is 0.340. The average Bonchev–Trinajstić information content (AvgIpc) is 3.09. The minimum atomic E-state index is -3.79. The second-order valence-electron chi connectivity index (χ2n) is 7.23. The normalized spacial score (nSPS) is 14.9. The van der Waals surface area contributed by atoms with Crippen LogP contribution in [0.2, 0.25) is 0 Å². The van der Waals surface area contributed by atoms with Crippen LogP contribution in [-0.2, 0) is 19.6 Å². The van der Waals surface area contributed by atoms with E-state index in [4.69, 9.17) is 9.47 Å². The van der Waals surface area contributed by atoms with Crippen molar-refractivity contribution in [1.82, 2.24) is 9.21 Å². The number of hydrogen-bond acceptors (Lipinski definition) is 7. The van der Waals surface area contributed by atoms with Crippen molar-refractivity contribution >= 4 is 21.9 Å². The monoisotopic (exact) mass is 480 g/mol. The van der Waals surface area contributed by atoms with Gasteiger partial charge in [0.05, 0.1) is 19.1 Å². The van der Waals surface area contributed by atoms with E-state index in [9.17, 15) is 22.4 Å². The smallest absolute Gasteiger partial charge is 0.343 e. The molecule has 0 aromatic heterocycles. The van der Waals surface area contributed by atoms with E-state index >= 15 is 0 Å². The fourth-order valence-electron chi connectivity index (χ4n) is 3.39. The molecule has 1 amide bonds. The zero-order valence-electron chi connectivity index (χ0n) is 18.3. The molecule has 33 heavy (non-hydrogen) atoms. The maximum Gasteiger partial charge on any atom is 0.343 e. The molecule has 0 saturated carbocycles. The second-order valence-corrected chi connectivity index (χ2v) is 9.17. The Labute approximate surface area is 191 Å². The van der Waals surface area contributed by atoms with Crippen molar-refractivity contribution in [3.05, 3.63) is 53.8 Å². The van der Waals surface area contributed by atoms with E-state index in [0.29, 0.717) is 18.5 Å². The van der Waals surface area contributed by atoms with Gasteiger partial charge in [-0.15, -0.1) is 0 Å². The van der Waals surface area contributed by atoms with Crippen molar-refractivity contribution < 1.29 is 36.6 Å². The second kappa shape index (κ2) is 10.6. The van der Waals surface area contributed by atoms with Gasteiger partial charge in [-0.1, -0.05) is 0 Å². The van der Waals surface area contributed by atoms with Gasteiger partial charge in [-0.2, -0.15) is 4.31 Å². The predicted octanol–water partition coefficient (Wildman–Crippen LogP) is 1.92. The molecule has 1 aliphatic heterocycles. The van der Waals surface area contributed by atoms with Crippen LogP contribution >= 0.6 is 0 Å². The van der Waals surface area contributed by atoms with Crippen molar-refractivity contribution in [1.29, 1.82) is 0 Å². The fraction of sp³-hybridized carbons (Fsp3) is 0.364. The van der Waals surface area contributed by atoms with E-state index in [1.807, 2.05) is 0 Å². The number of methoxy groups -OCH3 is 2. The Hall–Kier alpha value is -3.18. The van der Waals surface area contributed by atoms with Crippen molar-refractivity contribution in [3.8, 4) is 11.5 Å². The Morgan fingerprint density at radius 2 is 1.70 bits per heavy atom. The molecule has 9 nitrogen and oxygen atoms in total. The molecule has 178 valence electrons. The molecular weight excluding hydrogens is 455 g/mol. The molecule has 2 aromatic carbocycles. The number of nitrogens with zero attached hydrogens (tertiary/aromatic N) is 2. The number of rotatable bonds is 7. The summed E-state index contributed by atoms with van der Waals surface area (Å²) in [6.45, 7) is 0.625. The Kier molecular flexibility index (Phi) is 7.88. The minimum Gasteiger partial charge on any atom is -0.493 e. The number of esters is 1. The maximum atomic E-state index is 13.2. The highest BCUT2D eigenvalue weighted by Gasteiger charge is 2.29. The highest BCUT2D eigenvalue weighted by Crippen LogP contribution is 2.29. The fourth-order valence-corrected chi connectivity index (χ4v) is 4.86. The SMILES string of the molecule is COC(=O)COc1ccc(C(=O)N2CCCN(S(=O)(=O)c3ccc(F)cc3)CC2)cc1OC. The van der Waals surface area contributed by atoms with E-state index in [0.717, 1.165) is 12.1 Å². The van der Waals surface area contributed by atoms with Gasteiger partial charge in [-0.3, -0.25) is 4.79 Å². The van der Waals surface area contributed by atoms with Gasteiger partial charge in [0.25, 0.3) is 5.91 Å². The van der Waals surface area contributed by atoms with E-state index in [1.54, 1.807) is 11.0 Å². The number of halogens is 1. The van der Waals surface area contributed by atoms with Crippen LogP contribution in [0.5, 0.6) is 11.5 Å². The highest BCUT2D eigenvalue weighted by molar-refractivity contribution is 7.89. The topological polar surface area (TPSA) is 102 Å². The molecule has 1 aliphatic rings. The molecule has 11 heteroatoms.